The molecule has 1 fully saturated rings. The molecule has 0 aliphatic heterocycles. The predicted octanol–water partition coefficient (Wildman–Crippen LogP) is 7.50. The van der Waals surface area contributed by atoms with Crippen molar-refractivity contribution in [3.05, 3.63) is 27.2 Å². The third-order valence-corrected chi connectivity index (χ3v) is 8.68. The van der Waals surface area contributed by atoms with Gasteiger partial charge in [0, 0.05) is 16.9 Å². The van der Waals surface area contributed by atoms with Gasteiger partial charge in [0.1, 0.15) is 10.8 Å². The maximum absolute atomic E-state index is 13.9. The van der Waals surface area contributed by atoms with Crippen LogP contribution in [0.5, 0.6) is 5.75 Å². The van der Waals surface area contributed by atoms with Crippen LogP contribution >= 0.6 is 23.2 Å². The smallest absolute Gasteiger partial charge is 0.474 e. The van der Waals surface area contributed by atoms with Crippen LogP contribution in [0.4, 0.5) is 4.79 Å². The molecular formula is C26H34Cl2O6. The number of esters is 1. The lowest BCUT2D eigenvalue weighted by Gasteiger charge is -2.34. The zero-order valence-electron chi connectivity index (χ0n) is 20.3. The van der Waals surface area contributed by atoms with Gasteiger partial charge < -0.3 is 14.6 Å². The van der Waals surface area contributed by atoms with Gasteiger partial charge in [-0.05, 0) is 49.7 Å². The number of unbranched alkanes of at least 4 members (excludes halogenated alkanes) is 1. The highest BCUT2D eigenvalue weighted by Gasteiger charge is 2.52. The highest BCUT2D eigenvalue weighted by Crippen LogP contribution is 2.55. The lowest BCUT2D eigenvalue weighted by Crippen LogP contribution is -2.50. The Morgan fingerprint density at radius 2 is 1.85 bits per heavy atom. The number of hydrogen-bond donors (Lipinski definition) is 1. The maximum atomic E-state index is 13.9. The van der Waals surface area contributed by atoms with Crippen LogP contribution in [0.25, 0.3) is 0 Å². The summed E-state index contributed by atoms with van der Waals surface area (Å²) in [6.07, 6.45) is 6.11. The Bertz CT molecular complexity index is 969. The van der Waals surface area contributed by atoms with Crippen LogP contribution in [0.3, 0.4) is 0 Å². The monoisotopic (exact) mass is 512 g/mol. The molecule has 2 atom stereocenters. The molecule has 0 spiro atoms. The van der Waals surface area contributed by atoms with Gasteiger partial charge in [0.05, 0.1) is 5.02 Å². The minimum atomic E-state index is -1.70. The summed E-state index contributed by atoms with van der Waals surface area (Å²) in [5, 5.41) is 9.18. The van der Waals surface area contributed by atoms with Gasteiger partial charge in [-0.2, -0.15) is 0 Å². The SMILES string of the molecule is CCCCC1(C2CCCC2)Cc2cc(OC(CC)(C(=O)OC(=O)O)C(C)C)c(Cl)c(Cl)c2C1=O. The summed E-state index contributed by atoms with van der Waals surface area (Å²) in [5.74, 6) is -0.888. The minimum Gasteiger partial charge on any atom is -0.474 e. The number of fused-ring (bicyclic) bond motifs is 1. The second-order valence-electron chi connectivity index (χ2n) is 9.94. The van der Waals surface area contributed by atoms with E-state index in [1.54, 1.807) is 26.8 Å². The molecule has 0 aromatic heterocycles. The van der Waals surface area contributed by atoms with Gasteiger partial charge in [-0.3, -0.25) is 4.79 Å². The van der Waals surface area contributed by atoms with E-state index >= 15 is 0 Å². The molecular weight excluding hydrogens is 479 g/mol. The Kier molecular flexibility index (Phi) is 8.24. The summed E-state index contributed by atoms with van der Waals surface area (Å²) < 4.78 is 10.6. The van der Waals surface area contributed by atoms with Gasteiger partial charge in [0.15, 0.2) is 5.78 Å². The molecule has 2 aliphatic rings. The van der Waals surface area contributed by atoms with Crippen LogP contribution < -0.4 is 4.74 Å². The molecule has 1 aromatic carbocycles. The number of benzene rings is 1. The van der Waals surface area contributed by atoms with Gasteiger partial charge in [-0.25, -0.2) is 9.59 Å². The number of halogens is 2. The quantitative estimate of drug-likeness (QED) is 0.272. The number of ketones is 1. The zero-order valence-corrected chi connectivity index (χ0v) is 21.9. The van der Waals surface area contributed by atoms with Crippen molar-refractivity contribution in [1.82, 2.24) is 0 Å². The number of hydrogen-bond acceptors (Lipinski definition) is 5. The molecule has 1 N–H and O–H groups in total. The van der Waals surface area contributed by atoms with Crippen molar-refractivity contribution in [3.8, 4) is 5.75 Å². The molecule has 2 aliphatic carbocycles. The first-order chi connectivity index (χ1) is 16.0. The second-order valence-corrected chi connectivity index (χ2v) is 10.7. The summed E-state index contributed by atoms with van der Waals surface area (Å²) in [7, 11) is 0. The predicted molar refractivity (Wildman–Crippen MR) is 131 cm³/mol. The van der Waals surface area contributed by atoms with E-state index in [9.17, 15) is 14.4 Å². The Morgan fingerprint density at radius 1 is 1.21 bits per heavy atom. The fourth-order valence-corrected chi connectivity index (χ4v) is 6.36. The van der Waals surface area contributed by atoms with E-state index < -0.39 is 29.1 Å². The number of rotatable bonds is 9. The topological polar surface area (TPSA) is 89.9 Å². The first kappa shape index (κ1) is 26.8. The number of carbonyl (C=O) groups is 3. The van der Waals surface area contributed by atoms with Crippen molar-refractivity contribution in [2.24, 2.45) is 17.3 Å². The lowest BCUT2D eigenvalue weighted by atomic mass is 9.68. The first-order valence-corrected chi connectivity index (χ1v) is 13.0. The Balaban J connectivity index is 2.06. The molecule has 34 heavy (non-hydrogen) atoms. The molecule has 0 amide bonds. The first-order valence-electron chi connectivity index (χ1n) is 12.2. The summed E-state index contributed by atoms with van der Waals surface area (Å²) in [5.41, 5.74) is -0.824. The maximum Gasteiger partial charge on any atom is 0.513 e. The molecule has 0 heterocycles. The molecule has 0 saturated heterocycles. The van der Waals surface area contributed by atoms with E-state index in [1.165, 1.54) is 0 Å². The van der Waals surface area contributed by atoms with E-state index in [-0.39, 0.29) is 28.0 Å². The summed E-state index contributed by atoms with van der Waals surface area (Å²) in [6.45, 7) is 7.33. The average Bonchev–Trinajstić information content (AvgIpc) is 3.40. The summed E-state index contributed by atoms with van der Waals surface area (Å²) in [4.78, 5) is 37.7. The molecule has 3 rings (SSSR count). The molecule has 188 valence electrons. The van der Waals surface area contributed by atoms with Crippen LogP contribution in [0, 0.1) is 17.3 Å². The fourth-order valence-electron chi connectivity index (χ4n) is 5.87. The van der Waals surface area contributed by atoms with Crippen molar-refractivity contribution in [2.75, 3.05) is 0 Å². The van der Waals surface area contributed by atoms with Crippen LogP contribution in [0.1, 0.15) is 95.0 Å². The van der Waals surface area contributed by atoms with Gasteiger partial charge in [0.25, 0.3) is 0 Å². The number of ether oxygens (including phenoxy) is 2. The second kappa shape index (κ2) is 10.4. The highest BCUT2D eigenvalue weighted by molar-refractivity contribution is 6.45. The Labute approximate surface area is 211 Å². The van der Waals surface area contributed by atoms with E-state index in [1.807, 2.05) is 0 Å². The average molecular weight is 513 g/mol. The van der Waals surface area contributed by atoms with Gasteiger partial charge in [0.2, 0.25) is 5.60 Å². The third-order valence-electron chi connectivity index (χ3n) is 7.83. The van der Waals surface area contributed by atoms with Crippen molar-refractivity contribution in [3.63, 3.8) is 0 Å². The molecule has 6 nitrogen and oxygen atoms in total. The third kappa shape index (κ3) is 4.56. The summed E-state index contributed by atoms with van der Waals surface area (Å²) >= 11 is 13.3. The van der Waals surface area contributed by atoms with E-state index in [2.05, 4.69) is 11.7 Å². The van der Waals surface area contributed by atoms with Crippen LogP contribution in [-0.2, 0) is 16.0 Å². The molecule has 2 unspecified atom stereocenters. The molecule has 8 heteroatoms. The minimum absolute atomic E-state index is 0.0491. The van der Waals surface area contributed by atoms with E-state index in [4.69, 9.17) is 33.0 Å². The fraction of sp³-hybridized carbons (Fsp3) is 0.654. The normalized spacial score (nSPS) is 22.0. The molecule has 1 saturated carbocycles. The Hall–Kier alpha value is -1.79. The lowest BCUT2D eigenvalue weighted by molar-refractivity contribution is -0.162. The summed E-state index contributed by atoms with van der Waals surface area (Å²) in [6, 6.07) is 1.71. The van der Waals surface area contributed by atoms with Crippen molar-refractivity contribution < 1.29 is 29.0 Å². The van der Waals surface area contributed by atoms with Crippen molar-refractivity contribution >= 4 is 41.1 Å². The van der Waals surface area contributed by atoms with Gasteiger partial charge in [-0.15, -0.1) is 0 Å². The van der Waals surface area contributed by atoms with Crippen molar-refractivity contribution in [1.29, 1.82) is 0 Å². The molecule has 1 aromatic rings. The Morgan fingerprint density at radius 3 is 2.38 bits per heavy atom. The van der Waals surface area contributed by atoms with E-state index in [0.29, 0.717) is 17.9 Å². The van der Waals surface area contributed by atoms with Crippen molar-refractivity contribution in [2.45, 2.75) is 91.1 Å². The number of carbonyl (C=O) groups excluding carboxylic acids is 2. The van der Waals surface area contributed by atoms with Crippen LogP contribution in [-0.4, -0.2) is 28.6 Å². The largest absolute Gasteiger partial charge is 0.513 e. The number of Topliss-reactive ketones (excluding diaryl/α,β-unsaturated/α-hetero) is 1. The van der Waals surface area contributed by atoms with Crippen LogP contribution in [0.2, 0.25) is 10.0 Å². The van der Waals surface area contributed by atoms with Gasteiger partial charge >= 0.3 is 12.1 Å². The standard InChI is InChI=1S/C26H34Cl2O6/c1-5-7-12-25(17-10-8-9-11-17)14-16-13-18(20(27)21(28)19(16)22(25)29)34-26(6-2,15(3)4)23(30)33-24(31)32/h13,15,17H,5-12,14H2,1-4H3,(H,31,32). The van der Waals surface area contributed by atoms with Gasteiger partial charge in [-0.1, -0.05) is 76.6 Å². The zero-order chi connectivity index (χ0) is 25.3. The molecule has 0 bridgehead atoms. The number of carboxylic acid groups (broad SMARTS) is 1. The highest BCUT2D eigenvalue weighted by atomic mass is 35.5. The van der Waals surface area contributed by atoms with Crippen LogP contribution in [0.15, 0.2) is 6.07 Å². The molecule has 0 radical (unpaired) electrons. The van der Waals surface area contributed by atoms with E-state index in [0.717, 1.165) is 50.5 Å².